The standard InChI is InChI=1S/C18H11ClF3N5O2S/c19-12-5-9(18(20,21)22)6-24-15(12)25-14(28)8-30-17-27-26-16(29-17)11-7-23-13-4-2-1-3-10(11)13/h1-7,23H,8H2,(H,24,25,28). The van der Waals surface area contributed by atoms with E-state index in [0.29, 0.717) is 18.2 Å². The molecule has 1 aromatic carbocycles. The number of thioether (sulfide) groups is 1. The number of aromatic amines is 1. The largest absolute Gasteiger partial charge is 0.417 e. The molecule has 0 aliphatic heterocycles. The number of amides is 1. The zero-order valence-corrected chi connectivity index (χ0v) is 16.4. The molecule has 1 amide bonds. The Balaban J connectivity index is 1.39. The van der Waals surface area contributed by atoms with Gasteiger partial charge >= 0.3 is 6.18 Å². The third-order valence-corrected chi connectivity index (χ3v) is 5.09. The number of halogens is 4. The number of nitrogens with one attached hydrogen (secondary N) is 2. The van der Waals surface area contributed by atoms with E-state index in [0.717, 1.165) is 28.2 Å². The van der Waals surface area contributed by atoms with E-state index in [1.807, 2.05) is 24.3 Å². The van der Waals surface area contributed by atoms with Crippen molar-refractivity contribution in [2.75, 3.05) is 11.1 Å². The van der Waals surface area contributed by atoms with E-state index in [1.165, 1.54) is 0 Å². The van der Waals surface area contributed by atoms with Crippen LogP contribution in [0.3, 0.4) is 0 Å². The Hall–Kier alpha value is -3.05. The summed E-state index contributed by atoms with van der Waals surface area (Å²) < 4.78 is 43.5. The zero-order chi connectivity index (χ0) is 21.3. The summed E-state index contributed by atoms with van der Waals surface area (Å²) in [5.74, 6) is -0.543. The third kappa shape index (κ3) is 4.26. The molecule has 0 saturated carbocycles. The molecule has 3 heterocycles. The highest BCUT2D eigenvalue weighted by atomic mass is 35.5. The predicted octanol–water partition coefficient (Wildman–Crippen LogP) is 5.02. The molecule has 0 unspecified atom stereocenters. The molecule has 2 N–H and O–H groups in total. The average molecular weight is 454 g/mol. The van der Waals surface area contributed by atoms with E-state index in [4.69, 9.17) is 16.0 Å². The van der Waals surface area contributed by atoms with Crippen LogP contribution in [-0.4, -0.2) is 31.8 Å². The van der Waals surface area contributed by atoms with E-state index < -0.39 is 17.6 Å². The van der Waals surface area contributed by atoms with Gasteiger partial charge in [0.05, 0.1) is 21.9 Å². The minimum Gasteiger partial charge on any atom is -0.411 e. The van der Waals surface area contributed by atoms with Crippen LogP contribution in [0.25, 0.3) is 22.4 Å². The van der Waals surface area contributed by atoms with Gasteiger partial charge in [-0.25, -0.2) is 4.98 Å². The number of aromatic nitrogens is 4. The van der Waals surface area contributed by atoms with Crippen molar-refractivity contribution >= 4 is 46.0 Å². The van der Waals surface area contributed by atoms with Crippen molar-refractivity contribution in [2.24, 2.45) is 0 Å². The molecule has 4 rings (SSSR count). The van der Waals surface area contributed by atoms with Gasteiger partial charge in [-0.3, -0.25) is 4.79 Å². The number of alkyl halides is 3. The van der Waals surface area contributed by atoms with E-state index in [-0.39, 0.29) is 21.8 Å². The van der Waals surface area contributed by atoms with Gasteiger partial charge in [-0.05, 0) is 12.1 Å². The maximum Gasteiger partial charge on any atom is 0.417 e. The lowest BCUT2D eigenvalue weighted by atomic mass is 10.2. The van der Waals surface area contributed by atoms with Gasteiger partial charge in [0, 0.05) is 23.3 Å². The summed E-state index contributed by atoms with van der Waals surface area (Å²) in [4.78, 5) is 18.7. The maximum atomic E-state index is 12.6. The zero-order valence-electron chi connectivity index (χ0n) is 14.8. The first-order valence-corrected chi connectivity index (χ1v) is 9.73. The summed E-state index contributed by atoms with van der Waals surface area (Å²) in [6.45, 7) is 0. The minimum absolute atomic E-state index is 0.130. The number of hydrogen-bond donors (Lipinski definition) is 2. The molecule has 154 valence electrons. The summed E-state index contributed by atoms with van der Waals surface area (Å²) in [5, 5.41) is 11.0. The monoisotopic (exact) mass is 453 g/mol. The number of rotatable bonds is 5. The van der Waals surface area contributed by atoms with Crippen molar-refractivity contribution in [3.63, 3.8) is 0 Å². The van der Waals surface area contributed by atoms with Crippen molar-refractivity contribution in [2.45, 2.75) is 11.4 Å². The highest BCUT2D eigenvalue weighted by molar-refractivity contribution is 7.99. The van der Waals surface area contributed by atoms with E-state index in [1.54, 1.807) is 6.20 Å². The maximum absolute atomic E-state index is 12.6. The van der Waals surface area contributed by atoms with Crippen LogP contribution in [-0.2, 0) is 11.0 Å². The number of nitrogens with zero attached hydrogens (tertiary/aromatic N) is 3. The van der Waals surface area contributed by atoms with Gasteiger partial charge in [0.1, 0.15) is 0 Å². The first-order chi connectivity index (χ1) is 14.3. The van der Waals surface area contributed by atoms with Gasteiger partial charge in [0.25, 0.3) is 11.1 Å². The normalized spacial score (nSPS) is 11.7. The Morgan fingerprint density at radius 1 is 1.27 bits per heavy atom. The lowest BCUT2D eigenvalue weighted by molar-refractivity contribution is -0.137. The van der Waals surface area contributed by atoms with Gasteiger partial charge in [-0.15, -0.1) is 10.2 Å². The Morgan fingerprint density at radius 2 is 2.07 bits per heavy atom. The Labute approximate surface area is 176 Å². The second kappa shape index (κ2) is 8.00. The quantitative estimate of drug-likeness (QED) is 0.412. The molecule has 12 heteroatoms. The summed E-state index contributed by atoms with van der Waals surface area (Å²) in [6, 6.07) is 8.30. The van der Waals surface area contributed by atoms with Crippen LogP contribution >= 0.6 is 23.4 Å². The highest BCUT2D eigenvalue weighted by Crippen LogP contribution is 2.33. The molecule has 4 aromatic rings. The van der Waals surface area contributed by atoms with Gasteiger partial charge < -0.3 is 14.7 Å². The highest BCUT2D eigenvalue weighted by Gasteiger charge is 2.31. The molecule has 0 atom stereocenters. The number of hydrogen-bond acceptors (Lipinski definition) is 6. The molecule has 7 nitrogen and oxygen atoms in total. The number of carbonyl (C=O) groups excluding carboxylic acids is 1. The van der Waals surface area contributed by atoms with Crippen molar-refractivity contribution < 1.29 is 22.4 Å². The Kier molecular flexibility index (Phi) is 5.39. The van der Waals surface area contributed by atoms with Crippen molar-refractivity contribution in [3.05, 3.63) is 53.3 Å². The first-order valence-electron chi connectivity index (χ1n) is 8.36. The fourth-order valence-corrected chi connectivity index (χ4v) is 3.38. The van der Waals surface area contributed by atoms with Crippen molar-refractivity contribution in [3.8, 4) is 11.5 Å². The SMILES string of the molecule is O=C(CSc1nnc(-c2c[nH]c3ccccc23)o1)Nc1ncc(C(F)(F)F)cc1Cl. The molecule has 0 aliphatic carbocycles. The fourth-order valence-electron chi connectivity index (χ4n) is 2.61. The van der Waals surface area contributed by atoms with Gasteiger partial charge in [0.2, 0.25) is 5.91 Å². The van der Waals surface area contributed by atoms with Gasteiger partial charge in [-0.2, -0.15) is 13.2 Å². The second-order valence-electron chi connectivity index (χ2n) is 6.01. The van der Waals surface area contributed by atoms with Crippen LogP contribution in [0.1, 0.15) is 5.56 Å². The number of para-hydroxylation sites is 1. The molecular weight excluding hydrogens is 443 g/mol. The van der Waals surface area contributed by atoms with Crippen molar-refractivity contribution in [1.29, 1.82) is 0 Å². The summed E-state index contributed by atoms with van der Waals surface area (Å²) in [7, 11) is 0. The van der Waals surface area contributed by atoms with Gasteiger partial charge in [-0.1, -0.05) is 41.6 Å². The lowest BCUT2D eigenvalue weighted by Crippen LogP contribution is -2.16. The molecule has 3 aromatic heterocycles. The number of anilines is 1. The van der Waals surface area contributed by atoms with Gasteiger partial charge in [0.15, 0.2) is 5.82 Å². The van der Waals surface area contributed by atoms with E-state index in [2.05, 4.69) is 25.5 Å². The van der Waals surface area contributed by atoms with Crippen LogP contribution in [0, 0.1) is 0 Å². The van der Waals surface area contributed by atoms with Crippen LogP contribution in [0.2, 0.25) is 5.02 Å². The van der Waals surface area contributed by atoms with E-state index >= 15 is 0 Å². The number of pyridine rings is 1. The molecule has 0 fully saturated rings. The average Bonchev–Trinajstić information content (AvgIpc) is 3.33. The molecule has 0 spiro atoms. The molecule has 30 heavy (non-hydrogen) atoms. The summed E-state index contributed by atoms with van der Waals surface area (Å²) in [5.41, 5.74) is 0.644. The topological polar surface area (TPSA) is 96.7 Å². The third-order valence-electron chi connectivity index (χ3n) is 3.98. The van der Waals surface area contributed by atoms with Crippen LogP contribution < -0.4 is 5.32 Å². The molecule has 0 saturated heterocycles. The molecule has 0 bridgehead atoms. The molecular formula is C18H11ClF3N5O2S. The number of fused-ring (bicyclic) bond motifs is 1. The van der Waals surface area contributed by atoms with Crippen LogP contribution in [0.5, 0.6) is 0 Å². The molecule has 0 radical (unpaired) electrons. The minimum atomic E-state index is -4.57. The Morgan fingerprint density at radius 3 is 2.83 bits per heavy atom. The predicted molar refractivity (Wildman–Crippen MR) is 105 cm³/mol. The van der Waals surface area contributed by atoms with Crippen molar-refractivity contribution in [1.82, 2.24) is 20.2 Å². The van der Waals surface area contributed by atoms with Crippen LogP contribution in [0.15, 0.2) is 52.4 Å². The van der Waals surface area contributed by atoms with E-state index in [9.17, 15) is 18.0 Å². The summed E-state index contributed by atoms with van der Waals surface area (Å²) in [6.07, 6.45) is -2.23. The second-order valence-corrected chi connectivity index (χ2v) is 7.34. The number of H-pyrrole nitrogens is 1. The smallest absolute Gasteiger partial charge is 0.411 e. The number of benzene rings is 1. The Bertz CT molecular complexity index is 1220. The number of carbonyl (C=O) groups is 1. The first kappa shape index (κ1) is 20.2. The fraction of sp³-hybridized carbons (Fsp3) is 0.111. The summed E-state index contributed by atoms with van der Waals surface area (Å²) >= 11 is 6.75. The molecule has 0 aliphatic rings. The van der Waals surface area contributed by atoms with Crippen LogP contribution in [0.4, 0.5) is 19.0 Å². The lowest BCUT2D eigenvalue weighted by Gasteiger charge is -2.09.